The van der Waals surface area contributed by atoms with Gasteiger partial charge in [-0.2, -0.15) is 15.2 Å². The quantitative estimate of drug-likeness (QED) is 0.452. The molecule has 1 amide bonds. The van der Waals surface area contributed by atoms with Crippen LogP contribution in [0.3, 0.4) is 0 Å². The summed E-state index contributed by atoms with van der Waals surface area (Å²) >= 11 is 0. The van der Waals surface area contributed by atoms with Crippen LogP contribution in [0.2, 0.25) is 0 Å². The van der Waals surface area contributed by atoms with Crippen LogP contribution in [0, 0.1) is 11.3 Å². The van der Waals surface area contributed by atoms with Crippen molar-refractivity contribution in [1.29, 1.82) is 5.26 Å². The van der Waals surface area contributed by atoms with E-state index in [9.17, 15) is 10.1 Å². The molecule has 2 aromatic heterocycles. The Kier molecular flexibility index (Phi) is 7.54. The number of carbonyl (C=O) groups is 1. The summed E-state index contributed by atoms with van der Waals surface area (Å²) in [5.41, 5.74) is 3.45. The van der Waals surface area contributed by atoms with Crippen LogP contribution in [0.15, 0.2) is 6.33 Å². The number of hydrazine groups is 1. The minimum absolute atomic E-state index is 0.0549. The van der Waals surface area contributed by atoms with E-state index in [-0.39, 0.29) is 17.9 Å². The second-order valence-corrected chi connectivity index (χ2v) is 9.57. The Morgan fingerprint density at radius 3 is 2.69 bits per heavy atom. The predicted octanol–water partition coefficient (Wildman–Crippen LogP) is 5.03. The van der Waals surface area contributed by atoms with Gasteiger partial charge in [0.1, 0.15) is 11.7 Å². The second kappa shape index (κ2) is 10.2. The zero-order valence-corrected chi connectivity index (χ0v) is 19.9. The fourth-order valence-corrected chi connectivity index (χ4v) is 4.15. The first-order chi connectivity index (χ1) is 15.2. The van der Waals surface area contributed by atoms with Gasteiger partial charge in [0.05, 0.1) is 12.4 Å². The molecule has 9 nitrogen and oxygen atoms in total. The maximum absolute atomic E-state index is 12.6. The predicted molar refractivity (Wildman–Crippen MR) is 123 cm³/mol. The molecule has 2 aromatic rings. The van der Waals surface area contributed by atoms with Gasteiger partial charge in [0.25, 0.3) is 0 Å². The third-order valence-electron chi connectivity index (χ3n) is 5.73. The fourth-order valence-electron chi connectivity index (χ4n) is 4.15. The van der Waals surface area contributed by atoms with Gasteiger partial charge in [-0.15, -0.1) is 0 Å². The molecule has 0 radical (unpaired) electrons. The summed E-state index contributed by atoms with van der Waals surface area (Å²) in [5.74, 6) is 0.507. The van der Waals surface area contributed by atoms with E-state index in [2.05, 4.69) is 40.3 Å². The maximum atomic E-state index is 12.6. The van der Waals surface area contributed by atoms with Gasteiger partial charge in [-0.3, -0.25) is 5.01 Å². The van der Waals surface area contributed by atoms with Crippen LogP contribution in [0.4, 0.5) is 10.6 Å². The van der Waals surface area contributed by atoms with Crippen LogP contribution >= 0.6 is 0 Å². The molecule has 1 atom stereocenters. The molecular weight excluding hydrogens is 406 g/mol. The maximum Gasteiger partial charge on any atom is 0.426 e. The molecule has 0 saturated heterocycles. The van der Waals surface area contributed by atoms with Crippen molar-refractivity contribution in [2.75, 3.05) is 5.01 Å². The van der Waals surface area contributed by atoms with E-state index < -0.39 is 11.7 Å². The fraction of sp³-hybridized carbons (Fsp3) is 0.696. The lowest BCUT2D eigenvalue weighted by Gasteiger charge is -2.31. The molecule has 174 valence electrons. The Labute approximate surface area is 190 Å². The van der Waals surface area contributed by atoms with Gasteiger partial charge in [0.2, 0.25) is 5.82 Å². The molecule has 0 spiro atoms. The van der Waals surface area contributed by atoms with Crippen molar-refractivity contribution in [2.24, 2.45) is 0 Å². The van der Waals surface area contributed by atoms with Gasteiger partial charge in [0, 0.05) is 6.04 Å². The summed E-state index contributed by atoms with van der Waals surface area (Å²) in [4.78, 5) is 26.2. The minimum Gasteiger partial charge on any atom is -0.443 e. The smallest absolute Gasteiger partial charge is 0.426 e. The Hall–Kier alpha value is -2.89. The lowest BCUT2D eigenvalue weighted by molar-refractivity contribution is 0.0514. The van der Waals surface area contributed by atoms with Crippen molar-refractivity contribution < 1.29 is 9.53 Å². The third kappa shape index (κ3) is 5.67. The number of rotatable bonds is 8. The minimum atomic E-state index is -0.625. The van der Waals surface area contributed by atoms with Crippen LogP contribution in [-0.4, -0.2) is 37.3 Å². The highest BCUT2D eigenvalue weighted by Crippen LogP contribution is 2.31. The molecule has 1 saturated carbocycles. The first kappa shape index (κ1) is 23.8. The van der Waals surface area contributed by atoms with Gasteiger partial charge in [-0.05, 0) is 47.0 Å². The third-order valence-corrected chi connectivity index (χ3v) is 5.73. The highest BCUT2D eigenvalue weighted by Gasteiger charge is 2.30. The molecule has 1 unspecified atom stereocenters. The molecule has 32 heavy (non-hydrogen) atoms. The van der Waals surface area contributed by atoms with Crippen LogP contribution in [-0.2, 0) is 4.74 Å². The number of fused-ring (bicyclic) bond motifs is 1. The number of anilines is 1. The number of aromatic nitrogens is 4. The number of amides is 1. The van der Waals surface area contributed by atoms with E-state index >= 15 is 0 Å². The topological polar surface area (TPSA) is 109 Å². The Bertz CT molecular complexity index is 967. The van der Waals surface area contributed by atoms with E-state index in [0.717, 1.165) is 44.9 Å². The van der Waals surface area contributed by atoms with Crippen molar-refractivity contribution in [3.63, 3.8) is 0 Å². The van der Waals surface area contributed by atoms with E-state index in [0.29, 0.717) is 17.0 Å². The van der Waals surface area contributed by atoms with E-state index in [4.69, 9.17) is 4.74 Å². The van der Waals surface area contributed by atoms with Gasteiger partial charge in [0.15, 0.2) is 17.0 Å². The summed E-state index contributed by atoms with van der Waals surface area (Å²) < 4.78 is 7.50. The average molecular weight is 442 g/mol. The van der Waals surface area contributed by atoms with Crippen LogP contribution in [0.5, 0.6) is 0 Å². The Balaban J connectivity index is 2.01. The van der Waals surface area contributed by atoms with Crippen LogP contribution in [0.25, 0.3) is 11.2 Å². The van der Waals surface area contributed by atoms with Gasteiger partial charge < -0.3 is 9.30 Å². The highest BCUT2D eigenvalue weighted by atomic mass is 16.6. The molecule has 0 bridgehead atoms. The summed E-state index contributed by atoms with van der Waals surface area (Å²) in [7, 11) is 0. The standard InChI is InChI=1S/C23H35N7O2/c1-6-7-8-11-16(2)29-15-25-19-20(29)26-18(14-24)27-21(19)30(17-12-9-10-13-17)28-22(31)32-23(3,4)5/h15-17H,6-13H2,1-5H3,(H,28,31). The van der Waals surface area contributed by atoms with Crippen molar-refractivity contribution in [2.45, 2.75) is 104 Å². The van der Waals surface area contributed by atoms with Crippen LogP contribution < -0.4 is 10.4 Å². The summed E-state index contributed by atoms with van der Waals surface area (Å²) in [5, 5.41) is 11.3. The Morgan fingerprint density at radius 1 is 1.34 bits per heavy atom. The molecule has 1 aliphatic carbocycles. The molecule has 3 rings (SSSR count). The lowest BCUT2D eigenvalue weighted by atomic mass is 10.1. The first-order valence-electron chi connectivity index (χ1n) is 11.7. The number of imidazole rings is 1. The van der Waals surface area contributed by atoms with Crippen molar-refractivity contribution in [1.82, 2.24) is 24.9 Å². The lowest BCUT2D eigenvalue weighted by Crippen LogP contribution is -2.50. The number of nitrogens with zero attached hydrogens (tertiary/aromatic N) is 6. The van der Waals surface area contributed by atoms with Gasteiger partial charge in [-0.25, -0.2) is 15.2 Å². The number of nitrogens with one attached hydrogen (secondary N) is 1. The second-order valence-electron chi connectivity index (χ2n) is 9.57. The summed E-state index contributed by atoms with van der Waals surface area (Å²) in [6.07, 6.45) is 9.64. The van der Waals surface area contributed by atoms with Gasteiger partial charge >= 0.3 is 6.09 Å². The van der Waals surface area contributed by atoms with Crippen LogP contribution in [0.1, 0.15) is 97.9 Å². The molecule has 0 aromatic carbocycles. The van der Waals surface area contributed by atoms with E-state index in [1.165, 1.54) is 6.42 Å². The molecule has 1 fully saturated rings. The summed E-state index contributed by atoms with van der Waals surface area (Å²) in [6, 6.07) is 2.32. The molecule has 0 aliphatic heterocycles. The van der Waals surface area contributed by atoms with Crippen molar-refractivity contribution in [3.8, 4) is 6.07 Å². The number of unbranched alkanes of at least 4 members (excludes halogenated alkanes) is 2. The number of hydrogen-bond donors (Lipinski definition) is 1. The summed E-state index contributed by atoms with van der Waals surface area (Å²) in [6.45, 7) is 9.80. The molecular formula is C23H35N7O2. The number of ether oxygens (including phenoxy) is 1. The van der Waals surface area contributed by atoms with Crippen molar-refractivity contribution >= 4 is 23.1 Å². The number of nitriles is 1. The first-order valence-corrected chi connectivity index (χ1v) is 11.7. The average Bonchev–Trinajstić information content (AvgIpc) is 3.40. The Morgan fingerprint density at radius 2 is 2.06 bits per heavy atom. The largest absolute Gasteiger partial charge is 0.443 e. The van der Waals surface area contributed by atoms with E-state index in [1.54, 1.807) is 11.3 Å². The zero-order chi connectivity index (χ0) is 23.3. The SMILES string of the molecule is CCCCCC(C)n1cnc2c(N(NC(=O)OC(C)(C)C)C3CCCC3)nc(C#N)nc21. The highest BCUT2D eigenvalue weighted by molar-refractivity contribution is 5.85. The van der Waals surface area contributed by atoms with Crippen molar-refractivity contribution in [3.05, 3.63) is 12.2 Å². The van der Waals surface area contributed by atoms with Gasteiger partial charge in [-0.1, -0.05) is 39.0 Å². The molecule has 9 heteroatoms. The number of carbonyl (C=O) groups excluding carboxylic acids is 1. The monoisotopic (exact) mass is 441 g/mol. The molecule has 1 aliphatic rings. The molecule has 2 heterocycles. The molecule has 1 N–H and O–H groups in total. The van der Waals surface area contributed by atoms with E-state index in [1.807, 2.05) is 25.3 Å². The number of hydrogen-bond acceptors (Lipinski definition) is 7. The zero-order valence-electron chi connectivity index (χ0n) is 19.9. The normalized spacial score (nSPS) is 15.5.